The minimum absolute atomic E-state index is 0.0209. The molecule has 0 rings (SSSR count). The van der Waals surface area contributed by atoms with Gasteiger partial charge in [0.1, 0.15) is 0 Å². The van der Waals surface area contributed by atoms with E-state index in [4.69, 9.17) is 5.73 Å². The van der Waals surface area contributed by atoms with Crippen molar-refractivity contribution in [2.45, 2.75) is 53.4 Å². The lowest BCUT2D eigenvalue weighted by Gasteiger charge is -2.19. The second-order valence-electron chi connectivity index (χ2n) is 5.65. The zero-order valence-electron chi connectivity index (χ0n) is 12.8. The van der Waals surface area contributed by atoms with Gasteiger partial charge in [-0.15, -0.1) is 0 Å². The van der Waals surface area contributed by atoms with Crippen LogP contribution in [0.25, 0.3) is 0 Å². The maximum Gasteiger partial charge on any atom is 0.270 e. The highest BCUT2D eigenvalue weighted by atomic mass is 19.3. The van der Waals surface area contributed by atoms with Gasteiger partial charge in [0.2, 0.25) is 0 Å². The molecular weight excluding hydrogens is 244 g/mol. The quantitative estimate of drug-likeness (QED) is 0.643. The largest absolute Gasteiger partial charge is 0.402 e. The molecule has 0 aliphatic rings. The highest BCUT2D eigenvalue weighted by molar-refractivity contribution is 5.37. The number of hydrogen-bond acceptors (Lipinski definition) is 1. The zero-order valence-corrected chi connectivity index (χ0v) is 12.8. The fourth-order valence-corrected chi connectivity index (χ4v) is 1.76. The molecule has 3 heteroatoms. The number of halogens is 2. The van der Waals surface area contributed by atoms with Crippen molar-refractivity contribution in [2.75, 3.05) is 0 Å². The minimum atomic E-state index is -2.89. The Morgan fingerprint density at radius 1 is 1.26 bits per heavy atom. The Labute approximate surface area is 116 Å². The smallest absolute Gasteiger partial charge is 0.270 e. The van der Waals surface area contributed by atoms with Gasteiger partial charge in [-0.2, -0.15) is 0 Å². The van der Waals surface area contributed by atoms with Gasteiger partial charge in [0.25, 0.3) is 5.92 Å². The molecule has 0 aliphatic carbocycles. The van der Waals surface area contributed by atoms with Crippen molar-refractivity contribution in [1.29, 1.82) is 0 Å². The first kappa shape index (κ1) is 17.9. The van der Waals surface area contributed by atoms with E-state index in [-0.39, 0.29) is 11.5 Å². The molecule has 0 aromatic rings. The predicted molar refractivity (Wildman–Crippen MR) is 79.0 cm³/mol. The third-order valence-corrected chi connectivity index (χ3v) is 3.13. The molecule has 0 bridgehead atoms. The van der Waals surface area contributed by atoms with E-state index in [1.807, 2.05) is 27.7 Å². The van der Waals surface area contributed by atoms with Crippen LogP contribution in [0.4, 0.5) is 8.78 Å². The molecule has 1 atom stereocenters. The molecule has 1 nitrogen and oxygen atoms in total. The molecule has 0 aliphatic heterocycles. The molecule has 0 saturated carbocycles. The van der Waals surface area contributed by atoms with Crippen molar-refractivity contribution >= 4 is 0 Å². The number of rotatable bonds is 7. The normalized spacial score (nSPS) is 15.8. The summed E-state index contributed by atoms with van der Waals surface area (Å²) in [7, 11) is 0. The predicted octanol–water partition coefficient (Wildman–Crippen LogP) is 5.06. The van der Waals surface area contributed by atoms with Crippen LogP contribution in [0.1, 0.15) is 47.5 Å². The summed E-state index contributed by atoms with van der Waals surface area (Å²) in [5, 5.41) is 0. The van der Waals surface area contributed by atoms with E-state index in [1.165, 1.54) is 6.08 Å². The summed E-state index contributed by atoms with van der Waals surface area (Å²) in [6.07, 6.45) is 4.46. The van der Waals surface area contributed by atoms with E-state index in [2.05, 4.69) is 6.58 Å². The van der Waals surface area contributed by atoms with E-state index in [0.29, 0.717) is 23.6 Å². The highest BCUT2D eigenvalue weighted by Gasteiger charge is 2.29. The maximum atomic E-state index is 13.6. The Bertz CT molecular complexity index is 359. The summed E-state index contributed by atoms with van der Waals surface area (Å²) in [6.45, 7) is 12.7. The highest BCUT2D eigenvalue weighted by Crippen LogP contribution is 2.31. The Morgan fingerprint density at radius 2 is 1.79 bits per heavy atom. The molecule has 19 heavy (non-hydrogen) atoms. The molecule has 0 spiro atoms. The topological polar surface area (TPSA) is 26.0 Å². The second-order valence-corrected chi connectivity index (χ2v) is 5.65. The summed E-state index contributed by atoms with van der Waals surface area (Å²) in [5.41, 5.74) is 6.95. The summed E-state index contributed by atoms with van der Waals surface area (Å²) >= 11 is 0. The van der Waals surface area contributed by atoms with Crippen molar-refractivity contribution in [1.82, 2.24) is 0 Å². The first-order valence-corrected chi connectivity index (χ1v) is 6.83. The van der Waals surface area contributed by atoms with Crippen molar-refractivity contribution < 1.29 is 8.78 Å². The molecule has 0 saturated heterocycles. The third-order valence-electron chi connectivity index (χ3n) is 3.13. The molecule has 0 amide bonds. The standard InChI is InChI=1S/C16H27F2N/c1-7-12(4)15(19)9-8-14(16(6,17)18)13(5)10-11(2)3/h8-9,11-12H,5,7,10,19H2,1-4,6H3/b14-8+,15-9+. The van der Waals surface area contributed by atoms with Crippen molar-refractivity contribution in [3.05, 3.63) is 35.6 Å². The Balaban J connectivity index is 5.23. The minimum Gasteiger partial charge on any atom is -0.402 e. The summed E-state index contributed by atoms with van der Waals surface area (Å²) in [4.78, 5) is 0. The fraction of sp³-hybridized carbons (Fsp3) is 0.625. The van der Waals surface area contributed by atoms with Crippen LogP contribution in [0.5, 0.6) is 0 Å². The Hall–Kier alpha value is -1.12. The average molecular weight is 271 g/mol. The van der Waals surface area contributed by atoms with E-state index in [9.17, 15) is 8.78 Å². The van der Waals surface area contributed by atoms with E-state index < -0.39 is 5.92 Å². The van der Waals surface area contributed by atoms with Crippen molar-refractivity contribution in [2.24, 2.45) is 17.6 Å². The van der Waals surface area contributed by atoms with Gasteiger partial charge in [-0.05, 0) is 36.3 Å². The lowest BCUT2D eigenvalue weighted by atomic mass is 9.93. The number of alkyl halides is 2. The Morgan fingerprint density at radius 3 is 2.16 bits per heavy atom. The lowest BCUT2D eigenvalue weighted by Crippen LogP contribution is -2.16. The summed E-state index contributed by atoms with van der Waals surface area (Å²) < 4.78 is 27.2. The van der Waals surface area contributed by atoms with Crippen LogP contribution in [0.3, 0.4) is 0 Å². The van der Waals surface area contributed by atoms with Crippen LogP contribution in [-0.2, 0) is 0 Å². The summed E-state index contributed by atoms with van der Waals surface area (Å²) in [5.74, 6) is -2.39. The van der Waals surface area contributed by atoms with Gasteiger partial charge in [-0.1, -0.05) is 40.3 Å². The molecule has 0 heterocycles. The monoisotopic (exact) mass is 271 g/mol. The van der Waals surface area contributed by atoms with Crippen LogP contribution in [0, 0.1) is 11.8 Å². The van der Waals surface area contributed by atoms with Crippen LogP contribution in [-0.4, -0.2) is 5.92 Å². The van der Waals surface area contributed by atoms with Crippen LogP contribution >= 0.6 is 0 Å². The molecule has 0 radical (unpaired) electrons. The van der Waals surface area contributed by atoms with Crippen molar-refractivity contribution in [3.8, 4) is 0 Å². The van der Waals surface area contributed by atoms with Gasteiger partial charge in [0.15, 0.2) is 0 Å². The van der Waals surface area contributed by atoms with Gasteiger partial charge in [0, 0.05) is 18.2 Å². The van der Waals surface area contributed by atoms with E-state index in [1.54, 1.807) is 6.08 Å². The third kappa shape index (κ3) is 6.55. The molecule has 110 valence electrons. The molecule has 0 aromatic carbocycles. The van der Waals surface area contributed by atoms with E-state index in [0.717, 1.165) is 13.3 Å². The molecule has 0 aromatic heterocycles. The molecule has 0 fully saturated rings. The van der Waals surface area contributed by atoms with Gasteiger partial charge in [0.05, 0.1) is 0 Å². The SMILES string of the molecule is C=C(CC(C)C)/C(=C\C=C(\N)C(C)CC)C(C)(F)F. The molecule has 2 N–H and O–H groups in total. The lowest BCUT2D eigenvalue weighted by molar-refractivity contribution is 0.0654. The maximum absolute atomic E-state index is 13.6. The first-order valence-electron chi connectivity index (χ1n) is 6.83. The van der Waals surface area contributed by atoms with Crippen LogP contribution in [0.2, 0.25) is 0 Å². The molecule has 1 unspecified atom stereocenters. The number of allylic oxidation sites excluding steroid dienone is 5. The van der Waals surface area contributed by atoms with Gasteiger partial charge in [-0.25, -0.2) is 8.78 Å². The van der Waals surface area contributed by atoms with Crippen LogP contribution < -0.4 is 5.73 Å². The zero-order chi connectivity index (χ0) is 15.2. The number of nitrogens with two attached hydrogens (primary N) is 1. The van der Waals surface area contributed by atoms with Gasteiger partial charge >= 0.3 is 0 Å². The number of hydrogen-bond donors (Lipinski definition) is 1. The molecular formula is C16H27F2N. The van der Waals surface area contributed by atoms with E-state index >= 15 is 0 Å². The Kier molecular flexibility index (Phi) is 7.02. The average Bonchev–Trinajstić information content (AvgIpc) is 2.24. The van der Waals surface area contributed by atoms with Crippen LogP contribution in [0.15, 0.2) is 35.6 Å². The summed E-state index contributed by atoms with van der Waals surface area (Å²) in [6, 6.07) is 0. The van der Waals surface area contributed by atoms with Crippen molar-refractivity contribution in [3.63, 3.8) is 0 Å². The van der Waals surface area contributed by atoms with Gasteiger partial charge in [-0.3, -0.25) is 0 Å². The second kappa shape index (κ2) is 7.46. The first-order chi connectivity index (χ1) is 8.59. The van der Waals surface area contributed by atoms with Gasteiger partial charge < -0.3 is 5.73 Å². The fourth-order valence-electron chi connectivity index (χ4n) is 1.76.